The highest BCUT2D eigenvalue weighted by Crippen LogP contribution is 2.39. The van der Waals surface area contributed by atoms with E-state index in [1.807, 2.05) is 48.7 Å². The van der Waals surface area contributed by atoms with Crippen LogP contribution in [0.2, 0.25) is 0 Å². The summed E-state index contributed by atoms with van der Waals surface area (Å²) in [7, 11) is 0. The number of imide groups is 1. The van der Waals surface area contributed by atoms with Crippen LogP contribution in [0.25, 0.3) is 0 Å². The zero-order valence-corrected chi connectivity index (χ0v) is 16.3. The number of hydrogen-bond donors (Lipinski definition) is 2. The summed E-state index contributed by atoms with van der Waals surface area (Å²) in [6.45, 7) is -0.307. The standard InChI is InChI=1S/C21H21N3O3S/c1-28-16-9-4-8-15(12-16)22-18(25)13-24-19(26)21(23-20(24)27)11-5-7-14-6-2-3-10-17(14)21/h2-4,6,8-10,12H,5,7,11,13H2,1H3,(H,22,25)(H,23,27)/t21-/m0/s1. The van der Waals surface area contributed by atoms with E-state index in [0.717, 1.165) is 33.8 Å². The van der Waals surface area contributed by atoms with Crippen molar-refractivity contribution >= 4 is 35.3 Å². The molecule has 4 rings (SSSR count). The van der Waals surface area contributed by atoms with Gasteiger partial charge < -0.3 is 10.6 Å². The summed E-state index contributed by atoms with van der Waals surface area (Å²) < 4.78 is 0. The number of urea groups is 1. The van der Waals surface area contributed by atoms with Crippen LogP contribution < -0.4 is 10.6 Å². The van der Waals surface area contributed by atoms with Gasteiger partial charge in [0.1, 0.15) is 12.1 Å². The maximum absolute atomic E-state index is 13.2. The molecule has 0 aromatic heterocycles. The molecular weight excluding hydrogens is 374 g/mol. The molecule has 28 heavy (non-hydrogen) atoms. The van der Waals surface area contributed by atoms with Gasteiger partial charge in [0, 0.05) is 10.6 Å². The molecule has 1 saturated heterocycles. The molecule has 6 nitrogen and oxygen atoms in total. The monoisotopic (exact) mass is 395 g/mol. The van der Waals surface area contributed by atoms with Crippen LogP contribution in [0, 0.1) is 0 Å². The van der Waals surface area contributed by atoms with Crippen LogP contribution in [-0.2, 0) is 21.5 Å². The first-order valence-corrected chi connectivity index (χ1v) is 10.4. The molecule has 0 bridgehead atoms. The Hall–Kier alpha value is -2.80. The van der Waals surface area contributed by atoms with Crippen LogP contribution in [-0.4, -0.2) is 35.5 Å². The summed E-state index contributed by atoms with van der Waals surface area (Å²) in [5.41, 5.74) is 1.50. The van der Waals surface area contributed by atoms with E-state index in [0.29, 0.717) is 12.1 Å². The molecule has 1 spiro atoms. The van der Waals surface area contributed by atoms with Crippen molar-refractivity contribution in [3.63, 3.8) is 0 Å². The van der Waals surface area contributed by atoms with E-state index in [4.69, 9.17) is 0 Å². The Kier molecular flexibility index (Phi) is 4.85. The van der Waals surface area contributed by atoms with Crippen LogP contribution in [0.4, 0.5) is 10.5 Å². The quantitative estimate of drug-likeness (QED) is 0.616. The first-order chi connectivity index (χ1) is 13.5. The molecule has 1 aliphatic heterocycles. The molecule has 2 aliphatic rings. The lowest BCUT2D eigenvalue weighted by molar-refractivity contribution is -0.134. The molecule has 4 amide bonds. The Morgan fingerprint density at radius 1 is 1.21 bits per heavy atom. The van der Waals surface area contributed by atoms with Gasteiger partial charge in [-0.3, -0.25) is 14.5 Å². The highest BCUT2D eigenvalue weighted by molar-refractivity contribution is 7.98. The van der Waals surface area contributed by atoms with E-state index in [1.165, 1.54) is 0 Å². The maximum atomic E-state index is 13.2. The number of hydrogen-bond acceptors (Lipinski definition) is 4. The Balaban J connectivity index is 1.53. The molecule has 1 atom stereocenters. The Morgan fingerprint density at radius 2 is 2.04 bits per heavy atom. The first-order valence-electron chi connectivity index (χ1n) is 9.20. The number of nitrogens with zero attached hydrogens (tertiary/aromatic N) is 1. The predicted octanol–water partition coefficient (Wildman–Crippen LogP) is 3.13. The second kappa shape index (κ2) is 7.31. The summed E-state index contributed by atoms with van der Waals surface area (Å²) in [6, 6.07) is 14.6. The van der Waals surface area contributed by atoms with Gasteiger partial charge >= 0.3 is 6.03 Å². The fourth-order valence-electron chi connectivity index (χ4n) is 4.00. The van der Waals surface area contributed by atoms with E-state index >= 15 is 0 Å². The van der Waals surface area contributed by atoms with Gasteiger partial charge in [0.05, 0.1) is 0 Å². The Bertz CT molecular complexity index is 961. The molecule has 7 heteroatoms. The van der Waals surface area contributed by atoms with Crippen LogP contribution in [0.3, 0.4) is 0 Å². The zero-order valence-electron chi connectivity index (χ0n) is 15.5. The summed E-state index contributed by atoms with van der Waals surface area (Å²) in [5, 5.41) is 5.64. The molecule has 1 fully saturated rings. The van der Waals surface area contributed by atoms with E-state index in [-0.39, 0.29) is 12.5 Å². The van der Waals surface area contributed by atoms with Crippen molar-refractivity contribution in [3.05, 3.63) is 59.7 Å². The average Bonchev–Trinajstić information content (AvgIpc) is 2.93. The van der Waals surface area contributed by atoms with Crippen LogP contribution in [0.1, 0.15) is 24.0 Å². The van der Waals surface area contributed by atoms with Crippen LogP contribution in [0.15, 0.2) is 53.4 Å². The smallest absolute Gasteiger partial charge is 0.324 e. The number of benzene rings is 2. The number of carbonyl (C=O) groups is 3. The molecule has 144 valence electrons. The van der Waals surface area contributed by atoms with Crippen molar-refractivity contribution in [1.29, 1.82) is 0 Å². The zero-order chi connectivity index (χ0) is 19.7. The molecular formula is C21H21N3O3S. The number of thioether (sulfide) groups is 1. The lowest BCUT2D eigenvalue weighted by Gasteiger charge is -2.33. The molecule has 2 aromatic carbocycles. The molecule has 1 heterocycles. The number of rotatable bonds is 4. The van der Waals surface area contributed by atoms with Crippen molar-refractivity contribution in [2.45, 2.75) is 29.7 Å². The number of nitrogens with one attached hydrogen (secondary N) is 2. The van der Waals surface area contributed by atoms with Crippen LogP contribution >= 0.6 is 11.8 Å². The number of carbonyl (C=O) groups excluding carboxylic acids is 3. The second-order valence-corrected chi connectivity index (χ2v) is 7.90. The molecule has 2 aromatic rings. The highest BCUT2D eigenvalue weighted by atomic mass is 32.2. The van der Waals surface area contributed by atoms with Gasteiger partial charge in [0.15, 0.2) is 0 Å². The third-order valence-corrected chi connectivity index (χ3v) is 6.03. The fraction of sp³-hybridized carbons (Fsp3) is 0.286. The van der Waals surface area contributed by atoms with Crippen molar-refractivity contribution in [2.24, 2.45) is 0 Å². The molecule has 0 saturated carbocycles. The summed E-state index contributed by atoms with van der Waals surface area (Å²) in [5.74, 6) is -0.749. The number of aryl methyl sites for hydroxylation is 1. The van der Waals surface area contributed by atoms with E-state index < -0.39 is 17.5 Å². The van der Waals surface area contributed by atoms with E-state index in [1.54, 1.807) is 17.8 Å². The number of fused-ring (bicyclic) bond motifs is 2. The lowest BCUT2D eigenvalue weighted by atomic mass is 9.76. The van der Waals surface area contributed by atoms with E-state index in [9.17, 15) is 14.4 Å². The first kappa shape index (κ1) is 18.6. The van der Waals surface area contributed by atoms with Crippen molar-refractivity contribution in [3.8, 4) is 0 Å². The van der Waals surface area contributed by atoms with Crippen molar-refractivity contribution in [1.82, 2.24) is 10.2 Å². The van der Waals surface area contributed by atoms with Gasteiger partial charge in [-0.2, -0.15) is 0 Å². The molecule has 2 N–H and O–H groups in total. The van der Waals surface area contributed by atoms with Crippen molar-refractivity contribution in [2.75, 3.05) is 18.1 Å². The molecule has 0 radical (unpaired) electrons. The average molecular weight is 395 g/mol. The SMILES string of the molecule is CSc1cccc(NC(=O)CN2C(=O)N[C@]3(CCCc4ccccc43)C2=O)c1. The minimum absolute atomic E-state index is 0.307. The summed E-state index contributed by atoms with van der Waals surface area (Å²) in [4.78, 5) is 40.3. The fourth-order valence-corrected chi connectivity index (χ4v) is 4.46. The molecule has 1 aliphatic carbocycles. The Morgan fingerprint density at radius 3 is 2.86 bits per heavy atom. The summed E-state index contributed by atoms with van der Waals surface area (Å²) >= 11 is 1.57. The second-order valence-electron chi connectivity index (χ2n) is 7.02. The Labute approximate surface area is 167 Å². The third kappa shape index (κ3) is 3.16. The maximum Gasteiger partial charge on any atom is 0.325 e. The third-order valence-electron chi connectivity index (χ3n) is 5.31. The normalized spacial score (nSPS) is 20.8. The predicted molar refractivity (Wildman–Crippen MR) is 108 cm³/mol. The number of amides is 4. The largest absolute Gasteiger partial charge is 0.325 e. The minimum atomic E-state index is -1.05. The summed E-state index contributed by atoms with van der Waals surface area (Å²) in [6.07, 6.45) is 4.19. The minimum Gasteiger partial charge on any atom is -0.324 e. The van der Waals surface area contributed by atoms with Gasteiger partial charge in [0.25, 0.3) is 5.91 Å². The highest BCUT2D eigenvalue weighted by Gasteiger charge is 2.54. The molecule has 0 unspecified atom stereocenters. The topological polar surface area (TPSA) is 78.5 Å². The van der Waals surface area contributed by atoms with Gasteiger partial charge in [-0.05, 0) is 54.8 Å². The van der Waals surface area contributed by atoms with Crippen LogP contribution in [0.5, 0.6) is 0 Å². The van der Waals surface area contributed by atoms with Crippen molar-refractivity contribution < 1.29 is 14.4 Å². The number of anilines is 1. The van der Waals surface area contributed by atoms with E-state index in [2.05, 4.69) is 10.6 Å². The van der Waals surface area contributed by atoms with Gasteiger partial charge in [-0.25, -0.2) is 4.79 Å². The lowest BCUT2D eigenvalue weighted by Crippen LogP contribution is -2.47. The van der Waals surface area contributed by atoms with Gasteiger partial charge in [0.2, 0.25) is 5.91 Å². The van der Waals surface area contributed by atoms with Gasteiger partial charge in [-0.15, -0.1) is 11.8 Å². The van der Waals surface area contributed by atoms with Gasteiger partial charge in [-0.1, -0.05) is 30.3 Å².